The molecule has 3 aromatic rings. The van der Waals surface area contributed by atoms with Crippen molar-refractivity contribution in [2.45, 2.75) is 46.3 Å². The van der Waals surface area contributed by atoms with E-state index >= 15 is 0 Å². The van der Waals surface area contributed by atoms with E-state index in [1.165, 1.54) is 0 Å². The van der Waals surface area contributed by atoms with Gasteiger partial charge in [0.2, 0.25) is 5.91 Å². The van der Waals surface area contributed by atoms with E-state index in [4.69, 9.17) is 14.3 Å². The molecule has 0 fully saturated rings. The maximum Gasteiger partial charge on any atom is 0.338 e. The highest BCUT2D eigenvalue weighted by atomic mass is 16.6. The van der Waals surface area contributed by atoms with Gasteiger partial charge in [0.15, 0.2) is 0 Å². The van der Waals surface area contributed by atoms with Crippen LogP contribution in [-0.4, -0.2) is 24.5 Å². The summed E-state index contributed by atoms with van der Waals surface area (Å²) in [6.07, 6.45) is 0.749. The Morgan fingerprint density at radius 3 is 1.95 bits per heavy atom. The van der Waals surface area contributed by atoms with Gasteiger partial charge in [-0.2, -0.15) is 0 Å². The van der Waals surface area contributed by atoms with Crippen molar-refractivity contribution in [2.75, 3.05) is 6.61 Å². The molecular weight excluding hydrogens is 482 g/mol. The number of ether oxygens (including phenoxy) is 2. The average Bonchev–Trinajstić information content (AvgIpc) is 2.94. The molecule has 3 rings (SSSR count). The summed E-state index contributed by atoms with van der Waals surface area (Å²) in [5, 5.41) is 0. The molecule has 1 unspecified atom stereocenters. The fraction of sp³-hybridized carbons (Fsp3) is 0.323. The summed E-state index contributed by atoms with van der Waals surface area (Å²) in [5.74, 6) is -1.37. The number of esters is 2. The number of nitrogens with one attached hydrogen (secondary N) is 1. The second kappa shape index (κ2) is 15.3. The second-order valence-corrected chi connectivity index (χ2v) is 9.52. The molecule has 0 aliphatic rings. The van der Waals surface area contributed by atoms with Crippen LogP contribution in [0.1, 0.15) is 53.7 Å². The van der Waals surface area contributed by atoms with E-state index < -0.39 is 5.92 Å². The Morgan fingerprint density at radius 1 is 0.737 bits per heavy atom. The lowest BCUT2D eigenvalue weighted by Crippen LogP contribution is -2.26. The summed E-state index contributed by atoms with van der Waals surface area (Å²) < 4.78 is 10.9. The molecule has 1 N–H and O–H groups in total. The molecule has 1 atom stereocenters. The van der Waals surface area contributed by atoms with Gasteiger partial charge in [0, 0.05) is 6.42 Å². The van der Waals surface area contributed by atoms with Gasteiger partial charge < -0.3 is 9.47 Å². The fourth-order valence-electron chi connectivity index (χ4n) is 3.67. The minimum atomic E-state index is -0.544. The van der Waals surface area contributed by atoms with Gasteiger partial charge >= 0.3 is 11.9 Å². The number of hydroxylamine groups is 1. The third kappa shape index (κ3) is 10.2. The number of hydrogen-bond donors (Lipinski definition) is 1. The van der Waals surface area contributed by atoms with Crippen molar-refractivity contribution in [3.63, 3.8) is 0 Å². The second-order valence-electron chi connectivity index (χ2n) is 9.52. The number of carbonyl (C=O) groups excluding carboxylic acids is 3. The third-order valence-corrected chi connectivity index (χ3v) is 5.76. The van der Waals surface area contributed by atoms with E-state index in [1.54, 1.807) is 24.3 Å². The van der Waals surface area contributed by atoms with E-state index in [-0.39, 0.29) is 49.8 Å². The number of amides is 1. The number of carbonyl (C=O) groups is 3. The lowest BCUT2D eigenvalue weighted by molar-refractivity contribution is -0.150. The maximum atomic E-state index is 13.0. The van der Waals surface area contributed by atoms with Crippen LogP contribution in [0.5, 0.6) is 0 Å². The summed E-state index contributed by atoms with van der Waals surface area (Å²) in [6, 6.07) is 25.9. The molecule has 0 saturated heterocycles. The van der Waals surface area contributed by atoms with Gasteiger partial charge in [0.05, 0.1) is 24.7 Å². The zero-order chi connectivity index (χ0) is 27.2. The number of hydrogen-bond acceptors (Lipinski definition) is 6. The largest absolute Gasteiger partial charge is 0.462 e. The van der Waals surface area contributed by atoms with Crippen LogP contribution in [0.3, 0.4) is 0 Å². The van der Waals surface area contributed by atoms with Crippen molar-refractivity contribution < 1.29 is 28.7 Å². The summed E-state index contributed by atoms with van der Waals surface area (Å²) >= 11 is 0. The number of benzene rings is 3. The quantitative estimate of drug-likeness (QED) is 0.227. The Hall–Kier alpha value is -3.97. The molecule has 38 heavy (non-hydrogen) atoms. The third-order valence-electron chi connectivity index (χ3n) is 5.76. The molecule has 0 heterocycles. The van der Waals surface area contributed by atoms with Crippen LogP contribution in [0, 0.1) is 11.8 Å². The van der Waals surface area contributed by atoms with Gasteiger partial charge in [-0.15, -0.1) is 0 Å². The highest BCUT2D eigenvalue weighted by Crippen LogP contribution is 2.19. The van der Waals surface area contributed by atoms with E-state index in [1.807, 2.05) is 74.5 Å². The fourth-order valence-corrected chi connectivity index (χ4v) is 3.67. The minimum Gasteiger partial charge on any atom is -0.462 e. The highest BCUT2D eigenvalue weighted by molar-refractivity contribution is 5.89. The maximum absolute atomic E-state index is 13.0. The van der Waals surface area contributed by atoms with Gasteiger partial charge in [-0.3, -0.25) is 14.4 Å². The summed E-state index contributed by atoms with van der Waals surface area (Å²) in [6.45, 7) is 4.71. The molecule has 1 amide bonds. The van der Waals surface area contributed by atoms with E-state index in [2.05, 4.69) is 5.48 Å². The van der Waals surface area contributed by atoms with E-state index in [0.717, 1.165) is 16.7 Å². The zero-order valence-corrected chi connectivity index (χ0v) is 21.9. The van der Waals surface area contributed by atoms with Gasteiger partial charge in [-0.25, -0.2) is 10.3 Å². The van der Waals surface area contributed by atoms with Crippen LogP contribution < -0.4 is 5.48 Å². The molecule has 0 bridgehead atoms. The van der Waals surface area contributed by atoms with Crippen molar-refractivity contribution >= 4 is 17.8 Å². The molecular formula is C31H35NO6. The Kier molecular flexibility index (Phi) is 11.5. The Morgan fingerprint density at radius 2 is 1.34 bits per heavy atom. The molecule has 200 valence electrons. The van der Waals surface area contributed by atoms with Crippen LogP contribution >= 0.6 is 0 Å². The molecule has 0 radical (unpaired) electrons. The van der Waals surface area contributed by atoms with Crippen molar-refractivity contribution in [1.82, 2.24) is 5.48 Å². The van der Waals surface area contributed by atoms with Crippen molar-refractivity contribution in [2.24, 2.45) is 11.8 Å². The Bertz CT molecular complexity index is 1150. The molecule has 0 aromatic heterocycles. The van der Waals surface area contributed by atoms with Crippen LogP contribution in [0.2, 0.25) is 0 Å². The molecule has 0 aliphatic carbocycles. The SMILES string of the molecule is CC(C)COC(=O)c1ccc(CC(CCC(=O)NOCc2ccccc2)C(=O)OCc2ccccc2)cc1. The first-order valence-electron chi connectivity index (χ1n) is 12.8. The molecule has 7 nitrogen and oxygen atoms in total. The molecule has 7 heteroatoms. The number of rotatable bonds is 14. The first-order chi connectivity index (χ1) is 18.4. The van der Waals surface area contributed by atoms with E-state index in [0.29, 0.717) is 18.6 Å². The Labute approximate surface area is 224 Å². The average molecular weight is 518 g/mol. The molecule has 0 spiro atoms. The van der Waals surface area contributed by atoms with Crippen LogP contribution in [-0.2, 0) is 43.5 Å². The van der Waals surface area contributed by atoms with Crippen molar-refractivity contribution in [3.8, 4) is 0 Å². The van der Waals surface area contributed by atoms with E-state index in [9.17, 15) is 14.4 Å². The van der Waals surface area contributed by atoms with Gasteiger partial charge in [-0.1, -0.05) is 86.6 Å². The van der Waals surface area contributed by atoms with Gasteiger partial charge in [-0.05, 0) is 47.6 Å². The Balaban J connectivity index is 1.57. The van der Waals surface area contributed by atoms with Crippen molar-refractivity contribution in [3.05, 3.63) is 107 Å². The molecule has 0 aliphatic heterocycles. The van der Waals surface area contributed by atoms with Crippen LogP contribution in [0.25, 0.3) is 0 Å². The van der Waals surface area contributed by atoms with Crippen LogP contribution in [0.15, 0.2) is 84.9 Å². The summed E-state index contributed by atoms with van der Waals surface area (Å²) in [4.78, 5) is 42.9. The van der Waals surface area contributed by atoms with Crippen LogP contribution in [0.4, 0.5) is 0 Å². The van der Waals surface area contributed by atoms with Gasteiger partial charge in [0.1, 0.15) is 6.61 Å². The summed E-state index contributed by atoms with van der Waals surface area (Å²) in [5.41, 5.74) is 5.57. The lowest BCUT2D eigenvalue weighted by Gasteiger charge is -2.17. The lowest BCUT2D eigenvalue weighted by atomic mass is 9.94. The first kappa shape index (κ1) is 28.6. The monoisotopic (exact) mass is 517 g/mol. The normalized spacial score (nSPS) is 11.6. The standard InChI is InChI=1S/C31H35NO6/c1-23(2)20-36-30(34)27-15-13-24(14-16-27)19-28(31(35)37-21-25-9-5-3-6-10-25)17-18-29(33)32-38-22-26-11-7-4-8-12-26/h3-16,23,28H,17-22H2,1-2H3,(H,32,33). The first-order valence-corrected chi connectivity index (χ1v) is 12.8. The molecule has 0 saturated carbocycles. The topological polar surface area (TPSA) is 90.9 Å². The highest BCUT2D eigenvalue weighted by Gasteiger charge is 2.22. The minimum absolute atomic E-state index is 0.0967. The molecule has 3 aromatic carbocycles. The smallest absolute Gasteiger partial charge is 0.338 e. The summed E-state index contributed by atoms with van der Waals surface area (Å²) in [7, 11) is 0. The zero-order valence-electron chi connectivity index (χ0n) is 21.9. The van der Waals surface area contributed by atoms with Gasteiger partial charge in [0.25, 0.3) is 0 Å². The predicted octanol–water partition coefficient (Wildman–Crippen LogP) is 5.43. The predicted molar refractivity (Wildman–Crippen MR) is 144 cm³/mol. The van der Waals surface area contributed by atoms with Crippen molar-refractivity contribution in [1.29, 1.82) is 0 Å².